The number of nitrogens with zero attached hydrogens (tertiary/aromatic N) is 6. The normalized spacial score (nSPS) is 18.1. The maximum atomic E-state index is 15.1. The predicted octanol–water partition coefficient (Wildman–Crippen LogP) is 11.5. The SMILES string of the molecule is C#C.CCC(=O)CCCCC[C@H](NC(=O)[C@H]1CC12CCN(C)CC2)c1ncc(-c2cc3ccc(C)nc3cc2F)[nH]1.CCC(=O)CCCCC[C@H](NC(=O)[C@H]1CC12CCN(C)CC2)c1ncc(Br)[nH]1.Cc1ccc2cc(B(O)O)c(F)cc2n1.S.S.[2HH].[2H][2H].[2H][2H]. The molecule has 4 fully saturated rings. The van der Waals surface area contributed by atoms with Crippen LogP contribution in [0.4, 0.5) is 8.78 Å². The molecule has 4 aliphatic rings. The summed E-state index contributed by atoms with van der Waals surface area (Å²) in [7, 11) is 2.50. The van der Waals surface area contributed by atoms with Gasteiger partial charge in [-0.15, -0.1) is 12.8 Å². The van der Waals surface area contributed by atoms with E-state index in [1.54, 1.807) is 30.6 Å². The molecule has 472 valence electrons. The minimum atomic E-state index is -1.80. The van der Waals surface area contributed by atoms with E-state index in [1.807, 2.05) is 39.8 Å². The van der Waals surface area contributed by atoms with E-state index in [-0.39, 0.29) is 92.0 Å². The van der Waals surface area contributed by atoms with Crippen molar-refractivity contribution < 1.29 is 45.4 Å². The van der Waals surface area contributed by atoms with E-state index in [0.717, 1.165) is 137 Å². The van der Waals surface area contributed by atoms with E-state index in [2.05, 4.69) is 93.2 Å². The zero-order valence-electron chi connectivity index (χ0n) is 54.7. The molecule has 10 rings (SSSR count). The number of H-pyrrole nitrogens is 2. The van der Waals surface area contributed by atoms with Crippen molar-refractivity contribution in [2.24, 2.45) is 22.7 Å². The number of hydrogen-bond donors (Lipinski definition) is 6. The molecule has 6 aromatic rings. The number of rotatable bonds is 22. The lowest BCUT2D eigenvalue weighted by Crippen LogP contribution is -2.36. The number of carbonyl (C=O) groups is 4. The van der Waals surface area contributed by atoms with Gasteiger partial charge in [-0.2, -0.15) is 27.0 Å². The second-order valence-electron chi connectivity index (χ2n) is 23.6. The summed E-state index contributed by atoms with van der Waals surface area (Å²) in [4.78, 5) is 78.3. The Balaban J connectivity index is 0.000000475. The van der Waals surface area contributed by atoms with Crippen LogP contribution in [0.2, 0.25) is 0 Å². The molecule has 4 aromatic heterocycles. The third kappa shape index (κ3) is 19.2. The first-order chi connectivity index (χ1) is 42.3. The molecule has 6 N–H and O–H groups in total. The molecule has 2 amide bonds. The second-order valence-corrected chi connectivity index (χ2v) is 24.5. The number of benzene rings is 2. The van der Waals surface area contributed by atoms with Gasteiger partial charge < -0.3 is 40.4 Å². The molecule has 0 radical (unpaired) electrons. The number of halogens is 3. The van der Waals surface area contributed by atoms with Crippen LogP contribution in [0.15, 0.2) is 65.5 Å². The molecule has 0 bridgehead atoms. The van der Waals surface area contributed by atoms with Crippen molar-refractivity contribution in [1.82, 2.24) is 50.3 Å². The van der Waals surface area contributed by atoms with Crippen LogP contribution in [0, 0.1) is 61.0 Å². The Labute approximate surface area is 536 Å². The van der Waals surface area contributed by atoms with Gasteiger partial charge in [-0.1, -0.05) is 57.7 Å². The Morgan fingerprint density at radius 3 is 1.58 bits per heavy atom. The lowest BCUT2D eigenvalue weighted by molar-refractivity contribution is -0.125. The van der Waals surface area contributed by atoms with E-state index in [4.69, 9.17) is 16.0 Å². The molecule has 22 heteroatoms. The number of piperidine rings is 2. The Morgan fingerprint density at radius 1 is 0.698 bits per heavy atom. The number of fused-ring (bicyclic) bond motifs is 2. The van der Waals surface area contributed by atoms with E-state index in [9.17, 15) is 23.6 Å². The number of nitrogens with one attached hydrogen (secondary N) is 4. The van der Waals surface area contributed by atoms with Crippen LogP contribution in [0.3, 0.4) is 0 Å². The van der Waals surface area contributed by atoms with Crippen LogP contribution >= 0.6 is 42.9 Å². The first-order valence-electron chi connectivity index (χ1n) is 31.9. The summed E-state index contributed by atoms with van der Waals surface area (Å²) in [5.41, 5.74) is 4.04. The van der Waals surface area contributed by atoms with Gasteiger partial charge in [0.25, 0.3) is 0 Å². The summed E-state index contributed by atoms with van der Waals surface area (Å²) < 4.78 is 49.3. The molecule has 2 spiro atoms. The third-order valence-corrected chi connectivity index (χ3v) is 18.0. The van der Waals surface area contributed by atoms with E-state index in [0.29, 0.717) is 71.4 Å². The highest BCUT2D eigenvalue weighted by Gasteiger charge is 2.59. The zero-order valence-corrected chi connectivity index (χ0v) is 54.3. The smallest absolute Gasteiger partial charge is 0.423 e. The fourth-order valence-electron chi connectivity index (χ4n) is 11.9. The molecule has 16 nitrogen and oxygen atoms in total. The molecule has 4 atom stereocenters. The highest BCUT2D eigenvalue weighted by Crippen LogP contribution is 2.60. The number of aryl methyl sites for hydroxylation is 2. The van der Waals surface area contributed by atoms with Crippen LogP contribution in [0.5, 0.6) is 0 Å². The van der Waals surface area contributed by atoms with Crippen LogP contribution in [0.25, 0.3) is 33.1 Å². The summed E-state index contributed by atoms with van der Waals surface area (Å²) in [6, 6.07) is 12.9. The van der Waals surface area contributed by atoms with Crippen molar-refractivity contribution in [2.75, 3.05) is 40.3 Å². The topological polar surface area (TPSA) is 222 Å². The quantitative estimate of drug-likeness (QED) is 0.0212. The maximum Gasteiger partial charge on any atom is 0.491 e. The number of imidazole rings is 2. The summed E-state index contributed by atoms with van der Waals surface area (Å²) >= 11 is 3.41. The number of unbranched alkanes of at least 4 members (excludes halogenated alkanes) is 4. The van der Waals surface area contributed by atoms with Gasteiger partial charge in [-0.05, 0) is 169 Å². The van der Waals surface area contributed by atoms with Crippen molar-refractivity contribution >= 4 is 101 Å². The van der Waals surface area contributed by atoms with Gasteiger partial charge in [-0.3, -0.25) is 29.1 Å². The number of pyridine rings is 2. The number of Topliss-reactive ketones (excluding diaryl/α,β-unsaturated/α-hetero) is 2. The summed E-state index contributed by atoms with van der Waals surface area (Å²) in [5, 5.41) is 25.9. The molecule has 86 heavy (non-hydrogen) atoms. The Kier molecular flexibility index (Phi) is 26.2. The van der Waals surface area contributed by atoms with E-state index in [1.165, 1.54) is 18.2 Å². The van der Waals surface area contributed by atoms with Crippen molar-refractivity contribution in [3.63, 3.8) is 0 Å². The van der Waals surface area contributed by atoms with Crippen LogP contribution < -0.4 is 16.1 Å². The van der Waals surface area contributed by atoms with E-state index < -0.39 is 12.9 Å². The monoisotopic (exact) mass is 1300 g/mol. The summed E-state index contributed by atoms with van der Waals surface area (Å²) in [6.07, 6.45) is 27.3. The fraction of sp³-hybridized carbons (Fsp3) is 0.531. The first kappa shape index (κ1) is 68.0. The minimum absolute atomic E-state index is 0. The van der Waals surface area contributed by atoms with Gasteiger partial charge in [0.15, 0.2) is 0 Å². The maximum absolute atomic E-state index is 15.1. The lowest BCUT2D eigenvalue weighted by atomic mass is 9.79. The largest absolute Gasteiger partial charge is 0.491 e. The number of terminal acetylenes is 1. The van der Waals surface area contributed by atoms with Crippen LogP contribution in [-0.2, 0) is 19.2 Å². The highest BCUT2D eigenvalue weighted by atomic mass is 79.9. The summed E-state index contributed by atoms with van der Waals surface area (Å²) in [6.45, 7) is 11.8. The number of aromatic amines is 2. The third-order valence-electron chi connectivity index (χ3n) is 17.5. The number of aromatic nitrogens is 6. The van der Waals surface area contributed by atoms with Gasteiger partial charge >= 0.3 is 7.12 Å². The number of amides is 2. The standard InChI is InChI=1S/C31H40FN5O2.C21H33BrN4O2.C10H9BFNO2.C2H2.2H2S.3H2/c1-4-22(38)8-6-5-7-9-26(36-30(39)24-18-31(24)12-14-37(3)15-13-31)29-33-19-28(35-29)23-16-21-11-10-20(2)34-27(21)17-25(23)32;1-3-15(27)7-5-4-6-8-17(19-23-14-18(22)25-19)24-20(28)16-13-21(16)9-11-26(2)12-10-21;1-6-2-3-7-4-8(11(14)15)9(12)5-10(7)13-6;1-2;;;;;/h10-11,16-17,19,24,26H,4-9,12-15,18H2,1-3H3,(H,33,35)(H,36,39);14,16-17H,3-13H2,1-2H3,(H,23,25)(H,24,28);2-5,14-15H,1H3;1-2H;2*1H2;3*1H/t24-,26+;16-,17+;;;;;;;/m11......./s1/i;;;;;;2*1+1D;1+1. The van der Waals surface area contributed by atoms with Crippen molar-refractivity contribution in [3.05, 3.63) is 100 Å². The number of hydrogen-bond acceptors (Lipinski definition) is 12. The lowest BCUT2D eigenvalue weighted by Gasteiger charge is -2.30. The van der Waals surface area contributed by atoms with Gasteiger partial charge in [0.05, 0.1) is 41.2 Å². The van der Waals surface area contributed by atoms with Gasteiger partial charge in [-0.25, -0.2) is 18.7 Å². The van der Waals surface area contributed by atoms with Crippen molar-refractivity contribution in [1.29, 1.82) is 0 Å². The zero-order chi connectivity index (χ0) is 64.7. The Bertz CT molecular complexity index is 3270. The molecule has 2 saturated carbocycles. The molecular weight excluding hydrogens is 1200 g/mol. The first-order valence-corrected chi connectivity index (χ1v) is 30.7. The average Bonchev–Trinajstić information content (AvgIpc) is 1.60. The van der Waals surface area contributed by atoms with Crippen LogP contribution in [0.1, 0.15) is 172 Å². The molecule has 6 heterocycles. The predicted molar refractivity (Wildman–Crippen MR) is 357 cm³/mol. The number of carbonyl (C=O) groups excluding carboxylic acids is 4. The van der Waals surface area contributed by atoms with Gasteiger partial charge in [0.1, 0.15) is 39.5 Å². The molecule has 2 aliphatic carbocycles. The molecule has 2 aromatic carbocycles. The highest BCUT2D eigenvalue weighted by molar-refractivity contribution is 9.10. The van der Waals surface area contributed by atoms with Crippen LogP contribution in [-0.4, -0.2) is 121 Å². The summed E-state index contributed by atoms with van der Waals surface area (Å²) in [5.74, 6) is 1.54. The van der Waals surface area contributed by atoms with Crippen molar-refractivity contribution in [2.45, 2.75) is 155 Å². The Morgan fingerprint density at radius 2 is 1.14 bits per heavy atom. The average molecular weight is 1300 g/mol. The minimum Gasteiger partial charge on any atom is -0.423 e. The Hall–Kier alpha value is -5.54. The van der Waals surface area contributed by atoms with E-state index >= 15 is 4.39 Å². The van der Waals surface area contributed by atoms with Gasteiger partial charge in [0.2, 0.25) is 11.8 Å². The molecule has 0 unspecified atom stereocenters. The fourth-order valence-corrected chi connectivity index (χ4v) is 12.2. The number of likely N-dealkylation sites (tertiary alicyclic amines) is 2. The van der Waals surface area contributed by atoms with Crippen molar-refractivity contribution in [3.8, 4) is 24.1 Å². The molecule has 2 aliphatic heterocycles. The molecular formula is C64H94BBrF2N10O6S2. The van der Waals surface area contributed by atoms with Gasteiger partial charge in [0, 0.05) is 84.1 Å². The number of ketones is 2. The second kappa shape index (κ2) is 33.2. The molecule has 2 saturated heterocycles.